The molecule has 1 N–H and O–H groups in total. The van der Waals surface area contributed by atoms with Gasteiger partial charge in [0.1, 0.15) is 0 Å². The molecule has 2 heterocycles. The molecule has 3 aromatic rings. The van der Waals surface area contributed by atoms with E-state index in [4.69, 9.17) is 0 Å². The lowest BCUT2D eigenvalue weighted by atomic mass is 9.99. The summed E-state index contributed by atoms with van der Waals surface area (Å²) in [6.07, 6.45) is 3.06. The molecule has 0 spiro atoms. The Kier molecular flexibility index (Phi) is 4.02. The van der Waals surface area contributed by atoms with Gasteiger partial charge in [0, 0.05) is 36.8 Å². The van der Waals surface area contributed by atoms with Gasteiger partial charge in [-0.3, -0.25) is 0 Å². The second-order valence-corrected chi connectivity index (χ2v) is 7.08. The van der Waals surface area contributed by atoms with Crippen LogP contribution in [0, 0.1) is 0 Å². The molecule has 2 atom stereocenters. The van der Waals surface area contributed by atoms with Crippen molar-refractivity contribution in [2.75, 3.05) is 18.0 Å². The molecule has 1 aromatic heterocycles. The molecular formula is C19H21N3S. The fourth-order valence-corrected chi connectivity index (χ4v) is 4.19. The predicted molar refractivity (Wildman–Crippen MR) is 98.2 cm³/mol. The van der Waals surface area contributed by atoms with E-state index in [1.165, 1.54) is 22.8 Å². The lowest BCUT2D eigenvalue weighted by Gasteiger charge is -2.22. The minimum Gasteiger partial charge on any atom is -0.346 e. The molecule has 2 aromatic carbocycles. The zero-order valence-electron chi connectivity index (χ0n) is 13.3. The van der Waals surface area contributed by atoms with Crippen molar-refractivity contribution in [2.45, 2.75) is 25.4 Å². The van der Waals surface area contributed by atoms with E-state index >= 15 is 0 Å². The maximum Gasteiger partial charge on any atom is 0.185 e. The summed E-state index contributed by atoms with van der Waals surface area (Å²) in [6, 6.07) is 16.1. The standard InChI is InChI=1S/C19H21N3S/c1-14(17-8-4-6-15-5-2-3-7-18(15)17)21-16-9-11-22(13-16)19-20-10-12-23-19/h2-8,10,12,14,16,21H,9,11,13H2,1H3/t14-,16+/m1/s1. The van der Waals surface area contributed by atoms with Gasteiger partial charge in [-0.2, -0.15) is 0 Å². The van der Waals surface area contributed by atoms with E-state index in [1.54, 1.807) is 11.3 Å². The molecule has 1 aliphatic rings. The third-order valence-corrected chi connectivity index (χ3v) is 5.49. The molecule has 118 valence electrons. The quantitative estimate of drug-likeness (QED) is 0.779. The number of aromatic nitrogens is 1. The SMILES string of the molecule is C[C@@H](N[C@H]1CCN(c2nccs2)C1)c1cccc2ccccc12. The van der Waals surface area contributed by atoms with Gasteiger partial charge in [-0.25, -0.2) is 4.98 Å². The molecule has 4 heteroatoms. The lowest BCUT2D eigenvalue weighted by Crippen LogP contribution is -2.34. The molecule has 0 aliphatic carbocycles. The molecule has 4 rings (SSSR count). The van der Waals surface area contributed by atoms with Gasteiger partial charge >= 0.3 is 0 Å². The zero-order valence-corrected chi connectivity index (χ0v) is 14.1. The average Bonchev–Trinajstić information content (AvgIpc) is 3.25. The summed E-state index contributed by atoms with van der Waals surface area (Å²) in [7, 11) is 0. The number of nitrogens with zero attached hydrogens (tertiary/aromatic N) is 2. The van der Waals surface area contributed by atoms with Gasteiger partial charge in [0.25, 0.3) is 0 Å². The molecule has 1 fully saturated rings. The molecule has 23 heavy (non-hydrogen) atoms. The lowest BCUT2D eigenvalue weighted by molar-refractivity contribution is 0.483. The molecule has 0 saturated carbocycles. The fraction of sp³-hybridized carbons (Fsp3) is 0.316. The van der Waals surface area contributed by atoms with Gasteiger partial charge in [0.15, 0.2) is 5.13 Å². The summed E-state index contributed by atoms with van der Waals surface area (Å²) >= 11 is 1.73. The van der Waals surface area contributed by atoms with E-state index in [9.17, 15) is 0 Å². The monoisotopic (exact) mass is 323 g/mol. The first-order valence-corrected chi connectivity index (χ1v) is 9.07. The van der Waals surface area contributed by atoms with E-state index < -0.39 is 0 Å². The number of nitrogens with one attached hydrogen (secondary N) is 1. The van der Waals surface area contributed by atoms with Crippen LogP contribution in [-0.2, 0) is 0 Å². The van der Waals surface area contributed by atoms with Crippen LogP contribution in [0.15, 0.2) is 54.0 Å². The summed E-state index contributed by atoms with van der Waals surface area (Å²) < 4.78 is 0. The van der Waals surface area contributed by atoms with Crippen LogP contribution in [0.25, 0.3) is 10.8 Å². The minimum absolute atomic E-state index is 0.349. The van der Waals surface area contributed by atoms with Crippen molar-refractivity contribution in [1.82, 2.24) is 10.3 Å². The molecule has 3 nitrogen and oxygen atoms in total. The van der Waals surface area contributed by atoms with Gasteiger partial charge in [-0.05, 0) is 29.7 Å². The van der Waals surface area contributed by atoms with Crippen molar-refractivity contribution in [3.05, 3.63) is 59.6 Å². The second-order valence-electron chi connectivity index (χ2n) is 6.20. The minimum atomic E-state index is 0.349. The number of benzene rings is 2. The Bertz CT molecular complexity index is 779. The van der Waals surface area contributed by atoms with Crippen LogP contribution in [0.1, 0.15) is 24.9 Å². The number of anilines is 1. The first kappa shape index (κ1) is 14.7. The third-order valence-electron chi connectivity index (χ3n) is 4.65. The number of thiazole rings is 1. The van der Waals surface area contributed by atoms with Crippen LogP contribution in [0.2, 0.25) is 0 Å². The second kappa shape index (κ2) is 6.30. The predicted octanol–water partition coefficient (Wildman–Crippen LogP) is 4.23. The van der Waals surface area contributed by atoms with Gasteiger partial charge < -0.3 is 10.2 Å². The van der Waals surface area contributed by atoms with Crippen molar-refractivity contribution < 1.29 is 0 Å². The van der Waals surface area contributed by atoms with Crippen LogP contribution in [0.5, 0.6) is 0 Å². The summed E-state index contributed by atoms with van der Waals surface area (Å²) in [5.74, 6) is 0. The Labute approximate surface area is 141 Å². The molecule has 0 bridgehead atoms. The van der Waals surface area contributed by atoms with Gasteiger partial charge in [0.2, 0.25) is 0 Å². The number of rotatable bonds is 4. The Balaban J connectivity index is 1.49. The first-order chi connectivity index (χ1) is 11.3. The third kappa shape index (κ3) is 2.96. The van der Waals surface area contributed by atoms with Crippen molar-refractivity contribution in [3.63, 3.8) is 0 Å². The highest BCUT2D eigenvalue weighted by Gasteiger charge is 2.25. The number of hydrogen-bond acceptors (Lipinski definition) is 4. The molecule has 0 amide bonds. The highest BCUT2D eigenvalue weighted by molar-refractivity contribution is 7.13. The molecular weight excluding hydrogens is 302 g/mol. The molecule has 1 saturated heterocycles. The van der Waals surface area contributed by atoms with Crippen LogP contribution >= 0.6 is 11.3 Å². The molecule has 0 unspecified atom stereocenters. The summed E-state index contributed by atoms with van der Waals surface area (Å²) in [5.41, 5.74) is 1.38. The smallest absolute Gasteiger partial charge is 0.185 e. The van der Waals surface area contributed by atoms with Gasteiger partial charge in [-0.1, -0.05) is 42.5 Å². The van der Waals surface area contributed by atoms with E-state index in [0.29, 0.717) is 12.1 Å². The molecule has 1 aliphatic heterocycles. The Hall–Kier alpha value is -1.91. The van der Waals surface area contributed by atoms with E-state index in [0.717, 1.165) is 18.2 Å². The molecule has 0 radical (unpaired) electrons. The maximum atomic E-state index is 4.43. The number of fused-ring (bicyclic) bond motifs is 1. The topological polar surface area (TPSA) is 28.2 Å². The van der Waals surface area contributed by atoms with E-state index in [-0.39, 0.29) is 0 Å². The zero-order chi connectivity index (χ0) is 15.6. The van der Waals surface area contributed by atoms with Crippen LogP contribution < -0.4 is 10.2 Å². The highest BCUT2D eigenvalue weighted by atomic mass is 32.1. The van der Waals surface area contributed by atoms with Gasteiger partial charge in [-0.15, -0.1) is 11.3 Å². The van der Waals surface area contributed by atoms with Crippen molar-refractivity contribution >= 4 is 27.2 Å². The van der Waals surface area contributed by atoms with E-state index in [2.05, 4.69) is 70.0 Å². The summed E-state index contributed by atoms with van der Waals surface area (Å²) in [6.45, 7) is 4.41. The first-order valence-electron chi connectivity index (χ1n) is 8.19. The largest absolute Gasteiger partial charge is 0.346 e. The summed E-state index contributed by atoms with van der Waals surface area (Å²) in [4.78, 5) is 6.81. The van der Waals surface area contributed by atoms with Crippen molar-refractivity contribution in [1.29, 1.82) is 0 Å². The highest BCUT2D eigenvalue weighted by Crippen LogP contribution is 2.27. The van der Waals surface area contributed by atoms with Crippen molar-refractivity contribution in [3.8, 4) is 0 Å². The van der Waals surface area contributed by atoms with E-state index in [1.807, 2.05) is 6.20 Å². The van der Waals surface area contributed by atoms with Crippen LogP contribution in [0.3, 0.4) is 0 Å². The average molecular weight is 323 g/mol. The fourth-order valence-electron chi connectivity index (χ4n) is 3.51. The number of hydrogen-bond donors (Lipinski definition) is 1. The Morgan fingerprint density at radius 1 is 1.22 bits per heavy atom. The Morgan fingerprint density at radius 3 is 2.96 bits per heavy atom. The maximum absolute atomic E-state index is 4.43. The van der Waals surface area contributed by atoms with Crippen LogP contribution in [-0.4, -0.2) is 24.1 Å². The summed E-state index contributed by atoms with van der Waals surface area (Å²) in [5, 5.41) is 9.68. The Morgan fingerprint density at radius 2 is 2.09 bits per heavy atom. The van der Waals surface area contributed by atoms with Crippen molar-refractivity contribution in [2.24, 2.45) is 0 Å². The van der Waals surface area contributed by atoms with Gasteiger partial charge in [0.05, 0.1) is 0 Å². The van der Waals surface area contributed by atoms with Crippen LogP contribution in [0.4, 0.5) is 5.13 Å². The normalized spacial score (nSPS) is 19.3.